The maximum atomic E-state index is 12.6. The quantitative estimate of drug-likeness (QED) is 0.717. The lowest BCUT2D eigenvalue weighted by molar-refractivity contribution is 0.0997. The number of amides is 1. The van der Waals surface area contributed by atoms with Crippen LogP contribution in [0.5, 0.6) is 0 Å². The summed E-state index contributed by atoms with van der Waals surface area (Å²) in [6, 6.07) is 5.75. The molecular weight excluding hydrogens is 366 g/mol. The van der Waals surface area contributed by atoms with Gasteiger partial charge in [-0.25, -0.2) is 4.68 Å². The van der Waals surface area contributed by atoms with Gasteiger partial charge in [0.15, 0.2) is 11.6 Å². The third-order valence-electron chi connectivity index (χ3n) is 5.07. The zero-order chi connectivity index (χ0) is 18.3. The predicted molar refractivity (Wildman–Crippen MR) is 107 cm³/mol. The molecule has 0 bridgehead atoms. The van der Waals surface area contributed by atoms with Crippen molar-refractivity contribution >= 4 is 35.2 Å². The summed E-state index contributed by atoms with van der Waals surface area (Å²) in [5, 5.41) is 11.6. The van der Waals surface area contributed by atoms with E-state index in [1.54, 1.807) is 17.8 Å². The van der Waals surface area contributed by atoms with Gasteiger partial charge in [0.1, 0.15) is 5.58 Å². The van der Waals surface area contributed by atoms with Gasteiger partial charge in [0.25, 0.3) is 5.91 Å². The summed E-state index contributed by atoms with van der Waals surface area (Å²) in [4.78, 5) is 17.1. The Hall–Kier alpha value is -2.38. The molecule has 0 saturated carbocycles. The molecule has 4 rings (SSSR count). The van der Waals surface area contributed by atoms with Crippen LogP contribution in [0, 0.1) is 13.8 Å². The van der Waals surface area contributed by atoms with E-state index in [0.717, 1.165) is 42.7 Å². The van der Waals surface area contributed by atoms with Crippen molar-refractivity contribution in [2.75, 3.05) is 18.4 Å². The number of halogens is 1. The number of fused-ring (bicyclic) bond motifs is 1. The standard InChI is InChI=1S/C19H23N5O2.ClH/c1-11-8-14-10-16(26-15(14)9-12(11)2)18(25)22-19-21-17(23-24(19)3)13-4-6-20-7-5-13;/h8-10,13,20H,4-7H2,1-3H3,(H,21,22,23,25);1H. The zero-order valence-corrected chi connectivity index (χ0v) is 16.5. The van der Waals surface area contributed by atoms with Crippen molar-refractivity contribution in [2.45, 2.75) is 32.6 Å². The number of rotatable bonds is 3. The second kappa shape index (κ2) is 7.70. The van der Waals surface area contributed by atoms with Crippen LogP contribution in [0.3, 0.4) is 0 Å². The lowest BCUT2D eigenvalue weighted by Gasteiger charge is -2.19. The lowest BCUT2D eigenvalue weighted by atomic mass is 9.98. The fourth-order valence-corrected chi connectivity index (χ4v) is 3.34. The first-order valence-electron chi connectivity index (χ1n) is 8.95. The molecule has 1 aromatic carbocycles. The Bertz CT molecular complexity index is 933. The summed E-state index contributed by atoms with van der Waals surface area (Å²) in [7, 11) is 1.79. The van der Waals surface area contributed by atoms with E-state index < -0.39 is 0 Å². The molecule has 27 heavy (non-hydrogen) atoms. The van der Waals surface area contributed by atoms with Crippen LogP contribution in [-0.4, -0.2) is 33.8 Å². The molecule has 2 N–H and O–H groups in total. The highest BCUT2D eigenvalue weighted by Crippen LogP contribution is 2.25. The first-order chi connectivity index (χ1) is 12.5. The van der Waals surface area contributed by atoms with E-state index >= 15 is 0 Å². The van der Waals surface area contributed by atoms with Gasteiger partial charge in [-0.1, -0.05) is 0 Å². The van der Waals surface area contributed by atoms with Gasteiger partial charge in [0, 0.05) is 18.4 Å². The van der Waals surface area contributed by atoms with Gasteiger partial charge in [-0.3, -0.25) is 10.1 Å². The third kappa shape index (κ3) is 3.84. The second-order valence-electron chi connectivity index (χ2n) is 6.98. The molecule has 1 aliphatic heterocycles. The van der Waals surface area contributed by atoms with Crippen LogP contribution in [-0.2, 0) is 7.05 Å². The number of nitrogens with one attached hydrogen (secondary N) is 2. The maximum Gasteiger partial charge on any atom is 0.293 e. The van der Waals surface area contributed by atoms with Gasteiger partial charge >= 0.3 is 0 Å². The molecule has 1 aliphatic rings. The van der Waals surface area contributed by atoms with Crippen LogP contribution in [0.25, 0.3) is 11.0 Å². The SMILES string of the molecule is Cc1cc2cc(C(=O)Nc3nc(C4CCNCC4)nn3C)oc2cc1C.Cl. The van der Waals surface area contributed by atoms with Crippen LogP contribution in [0.1, 0.15) is 46.3 Å². The molecule has 0 spiro atoms. The number of hydrogen-bond acceptors (Lipinski definition) is 5. The van der Waals surface area contributed by atoms with Crippen LogP contribution >= 0.6 is 12.4 Å². The fraction of sp³-hybridized carbons (Fsp3) is 0.421. The minimum Gasteiger partial charge on any atom is -0.451 e. The molecule has 0 radical (unpaired) electrons. The van der Waals surface area contributed by atoms with Crippen molar-refractivity contribution in [1.29, 1.82) is 0 Å². The zero-order valence-electron chi connectivity index (χ0n) is 15.7. The number of nitrogens with zero attached hydrogens (tertiary/aromatic N) is 3. The average molecular weight is 390 g/mol. The molecule has 144 valence electrons. The summed E-state index contributed by atoms with van der Waals surface area (Å²) >= 11 is 0. The Labute approximate surface area is 163 Å². The largest absolute Gasteiger partial charge is 0.451 e. The highest BCUT2D eigenvalue weighted by atomic mass is 35.5. The van der Waals surface area contributed by atoms with Gasteiger partial charge in [-0.2, -0.15) is 10.1 Å². The van der Waals surface area contributed by atoms with Crippen LogP contribution < -0.4 is 10.6 Å². The van der Waals surface area contributed by atoms with Crippen LogP contribution in [0.4, 0.5) is 5.95 Å². The first-order valence-corrected chi connectivity index (χ1v) is 8.95. The summed E-state index contributed by atoms with van der Waals surface area (Å²) in [6.07, 6.45) is 2.03. The van der Waals surface area contributed by atoms with Crippen molar-refractivity contribution in [2.24, 2.45) is 7.05 Å². The molecule has 2 aromatic heterocycles. The Kier molecular flexibility index (Phi) is 5.53. The van der Waals surface area contributed by atoms with E-state index in [-0.39, 0.29) is 24.1 Å². The highest BCUT2D eigenvalue weighted by molar-refractivity contribution is 6.03. The van der Waals surface area contributed by atoms with E-state index in [0.29, 0.717) is 17.4 Å². The molecule has 0 aliphatic carbocycles. The number of carbonyl (C=O) groups excluding carboxylic acids is 1. The topological polar surface area (TPSA) is 85.0 Å². The molecule has 1 fully saturated rings. The van der Waals surface area contributed by atoms with Crippen LogP contribution in [0.2, 0.25) is 0 Å². The number of carbonyl (C=O) groups is 1. The predicted octanol–water partition coefficient (Wildman–Crippen LogP) is 3.32. The van der Waals surface area contributed by atoms with Crippen molar-refractivity contribution in [1.82, 2.24) is 20.1 Å². The fourth-order valence-electron chi connectivity index (χ4n) is 3.34. The van der Waals surface area contributed by atoms with E-state index in [9.17, 15) is 4.79 Å². The van der Waals surface area contributed by atoms with E-state index in [4.69, 9.17) is 4.42 Å². The highest BCUT2D eigenvalue weighted by Gasteiger charge is 2.22. The molecule has 7 nitrogen and oxygen atoms in total. The first kappa shape index (κ1) is 19.4. The van der Waals surface area contributed by atoms with Crippen molar-refractivity contribution in [3.05, 3.63) is 40.9 Å². The number of piperidine rings is 1. The average Bonchev–Trinajstić information content (AvgIpc) is 3.20. The van der Waals surface area contributed by atoms with Crippen molar-refractivity contribution < 1.29 is 9.21 Å². The summed E-state index contributed by atoms with van der Waals surface area (Å²) in [5.74, 6) is 1.53. The Balaban J connectivity index is 0.00000210. The maximum absolute atomic E-state index is 12.6. The second-order valence-corrected chi connectivity index (χ2v) is 6.98. The summed E-state index contributed by atoms with van der Waals surface area (Å²) in [5.41, 5.74) is 3.02. The summed E-state index contributed by atoms with van der Waals surface area (Å²) < 4.78 is 7.34. The Morgan fingerprint density at radius 3 is 2.67 bits per heavy atom. The Morgan fingerprint density at radius 1 is 1.22 bits per heavy atom. The molecule has 1 amide bonds. The Morgan fingerprint density at radius 2 is 1.93 bits per heavy atom. The van der Waals surface area contributed by atoms with Gasteiger partial charge in [-0.15, -0.1) is 12.4 Å². The third-order valence-corrected chi connectivity index (χ3v) is 5.07. The van der Waals surface area contributed by atoms with E-state index in [1.807, 2.05) is 26.0 Å². The summed E-state index contributed by atoms with van der Waals surface area (Å²) in [6.45, 7) is 6.02. The molecule has 0 atom stereocenters. The van der Waals surface area contributed by atoms with Crippen LogP contribution in [0.15, 0.2) is 22.6 Å². The van der Waals surface area contributed by atoms with Crippen molar-refractivity contribution in [3.8, 4) is 0 Å². The molecular formula is C19H24ClN5O2. The van der Waals surface area contributed by atoms with Gasteiger partial charge in [-0.05, 0) is 69.1 Å². The normalized spacial score (nSPS) is 14.9. The monoisotopic (exact) mass is 389 g/mol. The molecule has 0 unspecified atom stereocenters. The number of hydrogen-bond donors (Lipinski definition) is 2. The van der Waals surface area contributed by atoms with E-state index in [2.05, 4.69) is 20.7 Å². The number of aryl methyl sites for hydroxylation is 3. The smallest absolute Gasteiger partial charge is 0.293 e. The lowest BCUT2D eigenvalue weighted by Crippen LogP contribution is -2.27. The number of anilines is 1. The van der Waals surface area contributed by atoms with Crippen molar-refractivity contribution in [3.63, 3.8) is 0 Å². The number of furan rings is 1. The minimum atomic E-state index is -0.316. The minimum absolute atomic E-state index is 0. The molecule has 3 aromatic rings. The molecule has 1 saturated heterocycles. The molecule has 3 heterocycles. The van der Waals surface area contributed by atoms with Gasteiger partial charge in [0.05, 0.1) is 0 Å². The number of aromatic nitrogens is 3. The van der Waals surface area contributed by atoms with Gasteiger partial charge < -0.3 is 9.73 Å². The number of benzene rings is 1. The molecule has 8 heteroatoms. The van der Waals surface area contributed by atoms with E-state index in [1.165, 1.54) is 5.56 Å². The van der Waals surface area contributed by atoms with Gasteiger partial charge in [0.2, 0.25) is 5.95 Å².